The Morgan fingerprint density at radius 2 is 1.57 bits per heavy atom. The highest BCUT2D eigenvalue weighted by molar-refractivity contribution is 5.87. The number of benzene rings is 1. The molecule has 0 unspecified atom stereocenters. The minimum Gasteiger partial charge on any atom is -0.478 e. The van der Waals surface area contributed by atoms with E-state index in [9.17, 15) is 9.90 Å². The third kappa shape index (κ3) is 5.37. The van der Waals surface area contributed by atoms with Crippen LogP contribution in [0.5, 0.6) is 0 Å². The standard InChI is InChI=1S/C19H28O2/c1-14(17(20)21)16(12-15-10-8-7-9-11-15)19(5,6)13-18(2,3)4/h7-11H,12-13H2,1-6H3,(H,20,21)/b16-14+. The zero-order valence-corrected chi connectivity index (χ0v) is 14.2. The van der Waals surface area contributed by atoms with Crippen molar-refractivity contribution in [3.63, 3.8) is 0 Å². The normalized spacial score (nSPS) is 13.8. The molecule has 0 saturated heterocycles. The van der Waals surface area contributed by atoms with Gasteiger partial charge in [-0.2, -0.15) is 0 Å². The molecule has 1 aromatic rings. The number of allylic oxidation sites excluding steroid dienone is 1. The Kier molecular flexibility index (Phi) is 5.38. The molecule has 2 nitrogen and oxygen atoms in total. The highest BCUT2D eigenvalue weighted by Gasteiger charge is 2.31. The number of hydrogen-bond donors (Lipinski definition) is 1. The summed E-state index contributed by atoms with van der Waals surface area (Å²) in [5.41, 5.74) is 2.68. The van der Waals surface area contributed by atoms with Gasteiger partial charge >= 0.3 is 5.97 Å². The number of carboxylic acid groups (broad SMARTS) is 1. The summed E-state index contributed by atoms with van der Waals surface area (Å²) in [4.78, 5) is 11.5. The summed E-state index contributed by atoms with van der Waals surface area (Å²) >= 11 is 0. The van der Waals surface area contributed by atoms with Gasteiger partial charge in [-0.05, 0) is 36.2 Å². The van der Waals surface area contributed by atoms with Gasteiger partial charge in [0.2, 0.25) is 0 Å². The molecule has 0 atom stereocenters. The van der Waals surface area contributed by atoms with Crippen LogP contribution < -0.4 is 0 Å². The average molecular weight is 288 g/mol. The summed E-state index contributed by atoms with van der Waals surface area (Å²) in [6.07, 6.45) is 1.65. The van der Waals surface area contributed by atoms with Gasteiger partial charge in [0, 0.05) is 5.57 Å². The molecule has 0 bridgehead atoms. The molecule has 0 aliphatic carbocycles. The average Bonchev–Trinajstić information content (AvgIpc) is 2.33. The van der Waals surface area contributed by atoms with E-state index in [1.54, 1.807) is 6.92 Å². The molecule has 21 heavy (non-hydrogen) atoms. The van der Waals surface area contributed by atoms with Crippen molar-refractivity contribution in [1.29, 1.82) is 0 Å². The number of rotatable bonds is 5. The Labute approximate surface area is 128 Å². The van der Waals surface area contributed by atoms with Crippen LogP contribution >= 0.6 is 0 Å². The Morgan fingerprint density at radius 3 is 2.00 bits per heavy atom. The molecule has 0 aliphatic heterocycles. The minimum absolute atomic E-state index is 0.142. The van der Waals surface area contributed by atoms with Gasteiger partial charge in [-0.25, -0.2) is 4.79 Å². The van der Waals surface area contributed by atoms with E-state index in [1.807, 2.05) is 18.2 Å². The predicted octanol–water partition coefficient (Wildman–Crippen LogP) is 5.09. The summed E-state index contributed by atoms with van der Waals surface area (Å²) in [5, 5.41) is 9.43. The first-order valence-electron chi connectivity index (χ1n) is 7.50. The predicted molar refractivity (Wildman–Crippen MR) is 88.3 cm³/mol. The maximum atomic E-state index is 11.5. The van der Waals surface area contributed by atoms with Crippen molar-refractivity contribution in [2.75, 3.05) is 0 Å². The molecule has 0 aromatic heterocycles. The topological polar surface area (TPSA) is 37.3 Å². The SMILES string of the molecule is C/C(C(=O)O)=C(/Cc1ccccc1)C(C)(C)CC(C)(C)C. The van der Waals surface area contributed by atoms with E-state index in [0.717, 1.165) is 17.6 Å². The van der Waals surface area contributed by atoms with Crippen molar-refractivity contribution >= 4 is 5.97 Å². The van der Waals surface area contributed by atoms with E-state index in [-0.39, 0.29) is 10.8 Å². The first-order chi connectivity index (χ1) is 9.53. The lowest BCUT2D eigenvalue weighted by atomic mass is 9.69. The molecule has 1 N–H and O–H groups in total. The zero-order chi connectivity index (χ0) is 16.3. The van der Waals surface area contributed by atoms with Crippen LogP contribution in [0, 0.1) is 10.8 Å². The molecule has 0 aliphatic rings. The fourth-order valence-corrected chi connectivity index (χ4v) is 3.24. The Hall–Kier alpha value is -1.57. The minimum atomic E-state index is -0.817. The number of carboxylic acids is 1. The van der Waals surface area contributed by atoms with E-state index < -0.39 is 5.97 Å². The third-order valence-electron chi connectivity index (χ3n) is 3.79. The van der Waals surface area contributed by atoms with Crippen LogP contribution in [-0.4, -0.2) is 11.1 Å². The second kappa shape index (κ2) is 6.46. The smallest absolute Gasteiger partial charge is 0.331 e. The number of hydrogen-bond acceptors (Lipinski definition) is 1. The van der Waals surface area contributed by atoms with Gasteiger partial charge in [0.15, 0.2) is 0 Å². The molecular weight excluding hydrogens is 260 g/mol. The molecule has 0 spiro atoms. The number of carbonyl (C=O) groups is 1. The van der Waals surface area contributed by atoms with Crippen LogP contribution in [0.1, 0.15) is 53.5 Å². The van der Waals surface area contributed by atoms with Crippen LogP contribution in [0.25, 0.3) is 0 Å². The lowest BCUT2D eigenvalue weighted by Crippen LogP contribution is -2.26. The fourth-order valence-electron chi connectivity index (χ4n) is 3.24. The van der Waals surface area contributed by atoms with Gasteiger partial charge in [-0.1, -0.05) is 70.5 Å². The number of aliphatic carboxylic acids is 1. The van der Waals surface area contributed by atoms with Crippen molar-refractivity contribution in [3.8, 4) is 0 Å². The van der Waals surface area contributed by atoms with Gasteiger partial charge in [0.25, 0.3) is 0 Å². The molecule has 1 rings (SSSR count). The third-order valence-corrected chi connectivity index (χ3v) is 3.79. The highest BCUT2D eigenvalue weighted by Crippen LogP contribution is 2.41. The Balaban J connectivity index is 3.21. The quantitative estimate of drug-likeness (QED) is 0.766. The monoisotopic (exact) mass is 288 g/mol. The fraction of sp³-hybridized carbons (Fsp3) is 0.526. The summed E-state index contributed by atoms with van der Waals surface area (Å²) < 4.78 is 0. The van der Waals surface area contributed by atoms with Crippen LogP contribution in [-0.2, 0) is 11.2 Å². The molecule has 0 amide bonds. The van der Waals surface area contributed by atoms with Gasteiger partial charge < -0.3 is 5.11 Å². The van der Waals surface area contributed by atoms with Gasteiger partial charge in [-0.15, -0.1) is 0 Å². The summed E-state index contributed by atoms with van der Waals surface area (Å²) in [6, 6.07) is 10.1. The van der Waals surface area contributed by atoms with Crippen LogP contribution in [0.2, 0.25) is 0 Å². The molecular formula is C19H28O2. The molecule has 1 aromatic carbocycles. The maximum absolute atomic E-state index is 11.5. The van der Waals surface area contributed by atoms with Crippen molar-refractivity contribution in [3.05, 3.63) is 47.0 Å². The van der Waals surface area contributed by atoms with E-state index in [4.69, 9.17) is 0 Å². The molecule has 2 heteroatoms. The first kappa shape index (κ1) is 17.5. The van der Waals surface area contributed by atoms with Crippen molar-refractivity contribution in [2.24, 2.45) is 10.8 Å². The molecule has 116 valence electrons. The first-order valence-corrected chi connectivity index (χ1v) is 7.50. The van der Waals surface area contributed by atoms with Gasteiger partial charge in [0.1, 0.15) is 0 Å². The van der Waals surface area contributed by atoms with E-state index in [1.165, 1.54) is 0 Å². The Morgan fingerprint density at radius 1 is 1.05 bits per heavy atom. The summed E-state index contributed by atoms with van der Waals surface area (Å²) in [5.74, 6) is -0.817. The second-order valence-electron chi connectivity index (χ2n) is 7.69. The highest BCUT2D eigenvalue weighted by atomic mass is 16.4. The van der Waals surface area contributed by atoms with E-state index in [0.29, 0.717) is 12.0 Å². The van der Waals surface area contributed by atoms with Crippen molar-refractivity contribution < 1.29 is 9.90 Å². The van der Waals surface area contributed by atoms with E-state index in [2.05, 4.69) is 46.8 Å². The van der Waals surface area contributed by atoms with Crippen LogP contribution in [0.15, 0.2) is 41.5 Å². The molecule has 0 heterocycles. The lowest BCUT2D eigenvalue weighted by Gasteiger charge is -2.36. The maximum Gasteiger partial charge on any atom is 0.331 e. The molecule has 0 radical (unpaired) electrons. The van der Waals surface area contributed by atoms with Crippen molar-refractivity contribution in [2.45, 2.75) is 54.4 Å². The largest absolute Gasteiger partial charge is 0.478 e. The van der Waals surface area contributed by atoms with E-state index >= 15 is 0 Å². The summed E-state index contributed by atoms with van der Waals surface area (Å²) in [6.45, 7) is 12.6. The molecule has 0 fully saturated rings. The van der Waals surface area contributed by atoms with Crippen LogP contribution in [0.4, 0.5) is 0 Å². The van der Waals surface area contributed by atoms with Crippen LogP contribution in [0.3, 0.4) is 0 Å². The van der Waals surface area contributed by atoms with Gasteiger partial charge in [0.05, 0.1) is 0 Å². The summed E-state index contributed by atoms with van der Waals surface area (Å²) in [7, 11) is 0. The molecule has 0 saturated carbocycles. The van der Waals surface area contributed by atoms with Crippen molar-refractivity contribution in [1.82, 2.24) is 0 Å². The zero-order valence-electron chi connectivity index (χ0n) is 14.2. The Bertz CT molecular complexity index is 516. The van der Waals surface area contributed by atoms with Gasteiger partial charge in [-0.3, -0.25) is 0 Å². The second-order valence-corrected chi connectivity index (χ2v) is 7.69. The lowest BCUT2D eigenvalue weighted by molar-refractivity contribution is -0.132.